The highest BCUT2D eigenvalue weighted by atomic mass is 35.5. The molecule has 16 heavy (non-hydrogen) atoms. The predicted molar refractivity (Wildman–Crippen MR) is 66.5 cm³/mol. The molecule has 0 saturated heterocycles. The highest BCUT2D eigenvalue weighted by Crippen LogP contribution is 2.41. The Morgan fingerprint density at radius 3 is 2.75 bits per heavy atom. The number of aliphatic hydroxyl groups excluding tert-OH is 1. The lowest BCUT2D eigenvalue weighted by Crippen LogP contribution is -2.39. The second-order valence-electron chi connectivity index (χ2n) is 4.74. The standard InChI is InChI=1S/C13H18ClNO/c14-11-5-2-1-4-10(11)8-13(9-15)7-3-6-12(13)16/h1-2,4-5,12,16H,3,6-9,15H2. The van der Waals surface area contributed by atoms with Crippen LogP contribution >= 0.6 is 11.6 Å². The molecule has 0 amide bonds. The molecule has 0 radical (unpaired) electrons. The third-order valence-corrected chi connectivity index (χ3v) is 4.13. The van der Waals surface area contributed by atoms with E-state index in [-0.39, 0.29) is 11.5 Å². The van der Waals surface area contributed by atoms with Crippen molar-refractivity contribution in [1.29, 1.82) is 0 Å². The van der Waals surface area contributed by atoms with Crippen LogP contribution in [0.15, 0.2) is 24.3 Å². The monoisotopic (exact) mass is 239 g/mol. The molecule has 1 saturated carbocycles. The van der Waals surface area contributed by atoms with E-state index >= 15 is 0 Å². The average Bonchev–Trinajstić information content (AvgIpc) is 2.64. The van der Waals surface area contributed by atoms with Crippen molar-refractivity contribution in [1.82, 2.24) is 0 Å². The third-order valence-electron chi connectivity index (χ3n) is 3.77. The summed E-state index contributed by atoms with van der Waals surface area (Å²) in [6.45, 7) is 0.527. The summed E-state index contributed by atoms with van der Waals surface area (Å²) in [5, 5.41) is 10.8. The lowest BCUT2D eigenvalue weighted by molar-refractivity contribution is 0.0588. The van der Waals surface area contributed by atoms with Gasteiger partial charge in [-0.05, 0) is 30.9 Å². The maximum atomic E-state index is 10.1. The molecule has 2 nitrogen and oxygen atoms in total. The van der Waals surface area contributed by atoms with Gasteiger partial charge in [-0.3, -0.25) is 0 Å². The Hall–Kier alpha value is -0.570. The van der Waals surface area contributed by atoms with Gasteiger partial charge in [0, 0.05) is 17.0 Å². The number of nitrogens with two attached hydrogens (primary N) is 1. The number of halogens is 1. The van der Waals surface area contributed by atoms with E-state index in [1.165, 1.54) is 0 Å². The number of aliphatic hydroxyl groups is 1. The van der Waals surface area contributed by atoms with Crippen molar-refractivity contribution in [2.45, 2.75) is 31.8 Å². The summed E-state index contributed by atoms with van der Waals surface area (Å²) in [7, 11) is 0. The first-order valence-electron chi connectivity index (χ1n) is 5.79. The molecule has 2 atom stereocenters. The largest absolute Gasteiger partial charge is 0.392 e. The summed E-state index contributed by atoms with van der Waals surface area (Å²) in [6, 6.07) is 7.81. The van der Waals surface area contributed by atoms with Gasteiger partial charge >= 0.3 is 0 Å². The van der Waals surface area contributed by atoms with Crippen LogP contribution < -0.4 is 5.73 Å². The number of hydrogen-bond acceptors (Lipinski definition) is 2. The van der Waals surface area contributed by atoms with Crippen molar-refractivity contribution in [3.63, 3.8) is 0 Å². The smallest absolute Gasteiger partial charge is 0.0611 e. The van der Waals surface area contributed by atoms with Crippen molar-refractivity contribution in [2.24, 2.45) is 11.1 Å². The minimum Gasteiger partial charge on any atom is -0.392 e. The van der Waals surface area contributed by atoms with Gasteiger partial charge in [0.15, 0.2) is 0 Å². The quantitative estimate of drug-likeness (QED) is 0.851. The molecule has 0 heterocycles. The number of rotatable bonds is 3. The van der Waals surface area contributed by atoms with E-state index in [9.17, 15) is 5.11 Å². The van der Waals surface area contributed by atoms with Crippen LogP contribution in [0.2, 0.25) is 5.02 Å². The fraction of sp³-hybridized carbons (Fsp3) is 0.538. The molecule has 2 unspecified atom stereocenters. The van der Waals surface area contributed by atoms with Gasteiger partial charge in [0.2, 0.25) is 0 Å². The van der Waals surface area contributed by atoms with Gasteiger partial charge in [-0.2, -0.15) is 0 Å². The molecule has 1 fully saturated rings. The molecular weight excluding hydrogens is 222 g/mol. The maximum Gasteiger partial charge on any atom is 0.0611 e. The van der Waals surface area contributed by atoms with E-state index in [1.54, 1.807) is 0 Å². The third kappa shape index (κ3) is 2.10. The van der Waals surface area contributed by atoms with E-state index in [2.05, 4.69) is 0 Å². The van der Waals surface area contributed by atoms with Crippen LogP contribution in [0.3, 0.4) is 0 Å². The zero-order valence-corrected chi connectivity index (χ0v) is 10.1. The SMILES string of the molecule is NCC1(Cc2ccccc2Cl)CCCC1O. The fourth-order valence-electron chi connectivity index (χ4n) is 2.66. The Bertz CT molecular complexity index is 369. The second-order valence-corrected chi connectivity index (χ2v) is 5.15. The normalized spacial score (nSPS) is 29.6. The van der Waals surface area contributed by atoms with E-state index in [0.29, 0.717) is 6.54 Å². The second kappa shape index (κ2) is 4.74. The van der Waals surface area contributed by atoms with Gasteiger partial charge in [-0.15, -0.1) is 0 Å². The first-order valence-corrected chi connectivity index (χ1v) is 6.17. The van der Waals surface area contributed by atoms with Crippen LogP contribution in [0.5, 0.6) is 0 Å². The summed E-state index contributed by atoms with van der Waals surface area (Å²) in [5.74, 6) is 0. The van der Waals surface area contributed by atoms with Gasteiger partial charge in [0.25, 0.3) is 0 Å². The summed E-state index contributed by atoms with van der Waals surface area (Å²) in [4.78, 5) is 0. The maximum absolute atomic E-state index is 10.1. The highest BCUT2D eigenvalue weighted by Gasteiger charge is 2.41. The number of hydrogen-bond donors (Lipinski definition) is 2. The average molecular weight is 240 g/mol. The Kier molecular flexibility index (Phi) is 3.53. The molecule has 2 rings (SSSR count). The molecule has 1 aliphatic carbocycles. The summed E-state index contributed by atoms with van der Waals surface area (Å²) >= 11 is 6.15. The molecule has 0 aromatic heterocycles. The molecule has 0 spiro atoms. The molecule has 3 N–H and O–H groups in total. The Morgan fingerprint density at radius 2 is 2.19 bits per heavy atom. The van der Waals surface area contributed by atoms with Crippen molar-refractivity contribution in [2.75, 3.05) is 6.54 Å². The number of benzene rings is 1. The van der Waals surface area contributed by atoms with E-state index < -0.39 is 0 Å². The molecule has 0 bridgehead atoms. The van der Waals surface area contributed by atoms with Crippen molar-refractivity contribution in [3.05, 3.63) is 34.9 Å². The van der Waals surface area contributed by atoms with Gasteiger partial charge < -0.3 is 10.8 Å². The fourth-order valence-corrected chi connectivity index (χ4v) is 2.86. The first kappa shape index (κ1) is 11.9. The van der Waals surface area contributed by atoms with Crippen molar-refractivity contribution >= 4 is 11.6 Å². The van der Waals surface area contributed by atoms with E-state index in [4.69, 9.17) is 17.3 Å². The Morgan fingerprint density at radius 1 is 1.44 bits per heavy atom. The van der Waals surface area contributed by atoms with Crippen LogP contribution in [-0.2, 0) is 6.42 Å². The molecule has 3 heteroatoms. The molecule has 1 aromatic rings. The lowest BCUT2D eigenvalue weighted by Gasteiger charge is -2.31. The summed E-state index contributed by atoms with van der Waals surface area (Å²) < 4.78 is 0. The van der Waals surface area contributed by atoms with Gasteiger partial charge in [-0.25, -0.2) is 0 Å². The minimum atomic E-state index is -0.284. The molecule has 0 aliphatic heterocycles. The van der Waals surface area contributed by atoms with Crippen molar-refractivity contribution < 1.29 is 5.11 Å². The summed E-state index contributed by atoms with van der Waals surface area (Å²) in [5.41, 5.74) is 6.79. The molecule has 1 aliphatic rings. The molecular formula is C13H18ClNO. The van der Waals surface area contributed by atoms with E-state index in [1.807, 2.05) is 24.3 Å². The van der Waals surface area contributed by atoms with Gasteiger partial charge in [-0.1, -0.05) is 36.2 Å². The predicted octanol–water partition coefficient (Wildman–Crippen LogP) is 2.37. The zero-order chi connectivity index (χ0) is 11.6. The van der Waals surface area contributed by atoms with Crippen LogP contribution in [0, 0.1) is 5.41 Å². The molecule has 1 aromatic carbocycles. The lowest BCUT2D eigenvalue weighted by atomic mass is 9.78. The van der Waals surface area contributed by atoms with Gasteiger partial charge in [0.1, 0.15) is 0 Å². The molecule has 88 valence electrons. The van der Waals surface area contributed by atoms with E-state index in [0.717, 1.165) is 36.3 Å². The minimum absolute atomic E-state index is 0.162. The van der Waals surface area contributed by atoms with Crippen LogP contribution in [0.1, 0.15) is 24.8 Å². The Balaban J connectivity index is 2.22. The van der Waals surface area contributed by atoms with Crippen LogP contribution in [-0.4, -0.2) is 17.8 Å². The summed E-state index contributed by atoms with van der Waals surface area (Å²) in [6.07, 6.45) is 3.42. The first-order chi connectivity index (χ1) is 7.68. The highest BCUT2D eigenvalue weighted by molar-refractivity contribution is 6.31. The van der Waals surface area contributed by atoms with Crippen LogP contribution in [0.4, 0.5) is 0 Å². The van der Waals surface area contributed by atoms with Crippen molar-refractivity contribution in [3.8, 4) is 0 Å². The zero-order valence-electron chi connectivity index (χ0n) is 9.32. The Labute approximate surface area is 101 Å². The van der Waals surface area contributed by atoms with Crippen LogP contribution in [0.25, 0.3) is 0 Å². The topological polar surface area (TPSA) is 46.2 Å². The van der Waals surface area contributed by atoms with Gasteiger partial charge in [0.05, 0.1) is 6.10 Å².